The Hall–Kier alpha value is -2.93. The Morgan fingerprint density at radius 3 is 2.44 bits per heavy atom. The van der Waals surface area contributed by atoms with Gasteiger partial charge in [-0.1, -0.05) is 54.1 Å². The van der Waals surface area contributed by atoms with Gasteiger partial charge >= 0.3 is 0 Å². The number of rotatable bonds is 7. The molecule has 1 aliphatic heterocycles. The monoisotopic (exact) mass is 451 g/mol. The third-order valence-electron chi connectivity index (χ3n) is 5.66. The van der Waals surface area contributed by atoms with Crippen molar-refractivity contribution >= 4 is 17.5 Å². The molecule has 1 aliphatic rings. The Morgan fingerprint density at radius 2 is 1.72 bits per heavy atom. The smallest absolute Gasteiger partial charge is 0.263 e. The third kappa shape index (κ3) is 5.46. The molecule has 7 heteroatoms. The van der Waals surface area contributed by atoms with Gasteiger partial charge in [-0.3, -0.25) is 14.5 Å². The van der Waals surface area contributed by atoms with Crippen LogP contribution in [0.5, 0.6) is 0 Å². The van der Waals surface area contributed by atoms with Crippen LogP contribution in [0.15, 0.2) is 77.7 Å². The fraction of sp³-hybridized carbons (Fsp3) is 0.280. The highest BCUT2D eigenvalue weighted by atomic mass is 35.5. The van der Waals surface area contributed by atoms with E-state index in [0.29, 0.717) is 31.3 Å². The van der Waals surface area contributed by atoms with Crippen LogP contribution in [0, 0.1) is 0 Å². The summed E-state index contributed by atoms with van der Waals surface area (Å²) in [4.78, 5) is 28.2. The number of carbonyl (C=O) groups excluding carboxylic acids is 1. The van der Waals surface area contributed by atoms with E-state index in [-0.39, 0.29) is 23.1 Å². The van der Waals surface area contributed by atoms with Crippen molar-refractivity contribution < 1.29 is 9.53 Å². The number of nitrogens with zero attached hydrogens (tertiary/aromatic N) is 2. The SMILES string of the molecule is O=C(NCC(c1ccc(Cl)cc1)N1CCOCC1)c1cccn(Cc2ccccc2)c1=O. The molecule has 4 rings (SSSR count). The summed E-state index contributed by atoms with van der Waals surface area (Å²) in [5.74, 6) is -0.371. The molecule has 0 radical (unpaired) electrons. The van der Waals surface area contributed by atoms with Crippen LogP contribution < -0.4 is 10.9 Å². The summed E-state index contributed by atoms with van der Waals surface area (Å²) in [6.07, 6.45) is 1.70. The largest absolute Gasteiger partial charge is 0.379 e. The highest BCUT2D eigenvalue weighted by Crippen LogP contribution is 2.23. The molecule has 3 aromatic rings. The molecule has 1 N–H and O–H groups in total. The van der Waals surface area contributed by atoms with Gasteiger partial charge in [0.2, 0.25) is 0 Å². The summed E-state index contributed by atoms with van der Waals surface area (Å²) < 4.78 is 7.04. The first kappa shape index (κ1) is 22.3. The van der Waals surface area contributed by atoms with Crippen molar-refractivity contribution in [2.24, 2.45) is 0 Å². The average molecular weight is 452 g/mol. The number of halogens is 1. The van der Waals surface area contributed by atoms with Crippen LogP contribution in [0.1, 0.15) is 27.5 Å². The Labute approximate surface area is 192 Å². The van der Waals surface area contributed by atoms with Crippen molar-refractivity contribution in [1.82, 2.24) is 14.8 Å². The maximum atomic E-state index is 13.0. The summed E-state index contributed by atoms with van der Waals surface area (Å²) in [7, 11) is 0. The van der Waals surface area contributed by atoms with E-state index in [2.05, 4.69) is 10.2 Å². The number of benzene rings is 2. The molecule has 0 aliphatic carbocycles. The van der Waals surface area contributed by atoms with Gasteiger partial charge in [0.1, 0.15) is 5.56 Å². The molecule has 1 saturated heterocycles. The fourth-order valence-electron chi connectivity index (χ4n) is 3.93. The first-order valence-electron chi connectivity index (χ1n) is 10.7. The number of ether oxygens (including phenoxy) is 1. The van der Waals surface area contributed by atoms with Gasteiger partial charge in [0.05, 0.1) is 25.8 Å². The first-order valence-corrected chi connectivity index (χ1v) is 11.1. The highest BCUT2D eigenvalue weighted by molar-refractivity contribution is 6.30. The first-order chi connectivity index (χ1) is 15.6. The van der Waals surface area contributed by atoms with E-state index in [0.717, 1.165) is 24.2 Å². The Kier molecular flexibility index (Phi) is 7.37. The van der Waals surface area contributed by atoms with E-state index in [1.54, 1.807) is 22.9 Å². The molecule has 32 heavy (non-hydrogen) atoms. The number of amides is 1. The number of pyridine rings is 1. The molecule has 2 aromatic carbocycles. The zero-order valence-corrected chi connectivity index (χ0v) is 18.5. The van der Waals surface area contributed by atoms with E-state index in [4.69, 9.17) is 16.3 Å². The van der Waals surface area contributed by atoms with Gasteiger partial charge in [0, 0.05) is 30.9 Å². The lowest BCUT2D eigenvalue weighted by Gasteiger charge is -2.35. The van der Waals surface area contributed by atoms with E-state index in [9.17, 15) is 9.59 Å². The molecule has 0 saturated carbocycles. The topological polar surface area (TPSA) is 63.6 Å². The molecule has 0 spiro atoms. The summed E-state index contributed by atoms with van der Waals surface area (Å²) in [5.41, 5.74) is 1.90. The summed E-state index contributed by atoms with van der Waals surface area (Å²) in [5, 5.41) is 3.64. The normalized spacial score (nSPS) is 15.3. The van der Waals surface area contributed by atoms with Crippen molar-refractivity contribution in [1.29, 1.82) is 0 Å². The second-order valence-corrected chi connectivity index (χ2v) is 8.20. The van der Waals surface area contributed by atoms with Gasteiger partial charge in [0.15, 0.2) is 0 Å². The van der Waals surface area contributed by atoms with Gasteiger partial charge in [-0.05, 0) is 35.4 Å². The quantitative estimate of drug-likeness (QED) is 0.598. The van der Waals surface area contributed by atoms with Crippen LogP contribution in [0.25, 0.3) is 0 Å². The zero-order valence-electron chi connectivity index (χ0n) is 17.7. The Bertz CT molecular complexity index is 1090. The van der Waals surface area contributed by atoms with Gasteiger partial charge in [-0.15, -0.1) is 0 Å². The molecule has 0 bridgehead atoms. The second-order valence-electron chi connectivity index (χ2n) is 7.77. The van der Waals surface area contributed by atoms with Crippen molar-refractivity contribution in [2.45, 2.75) is 12.6 Å². The number of hydrogen-bond donors (Lipinski definition) is 1. The number of carbonyl (C=O) groups is 1. The van der Waals surface area contributed by atoms with Crippen LogP contribution in [-0.4, -0.2) is 48.2 Å². The number of hydrogen-bond acceptors (Lipinski definition) is 4. The van der Waals surface area contributed by atoms with Crippen LogP contribution in [-0.2, 0) is 11.3 Å². The van der Waals surface area contributed by atoms with Gasteiger partial charge in [0.25, 0.3) is 11.5 Å². The fourth-order valence-corrected chi connectivity index (χ4v) is 4.06. The van der Waals surface area contributed by atoms with Crippen molar-refractivity contribution in [2.75, 3.05) is 32.8 Å². The molecular weight excluding hydrogens is 426 g/mol. The van der Waals surface area contributed by atoms with E-state index < -0.39 is 0 Å². The lowest BCUT2D eigenvalue weighted by atomic mass is 10.0. The number of nitrogens with one attached hydrogen (secondary N) is 1. The molecule has 6 nitrogen and oxygen atoms in total. The maximum Gasteiger partial charge on any atom is 0.263 e. The minimum atomic E-state index is -0.371. The minimum Gasteiger partial charge on any atom is -0.379 e. The van der Waals surface area contributed by atoms with Gasteiger partial charge < -0.3 is 14.6 Å². The molecular formula is C25H26ClN3O3. The Morgan fingerprint density at radius 1 is 1.00 bits per heavy atom. The van der Waals surface area contributed by atoms with Gasteiger partial charge in [-0.25, -0.2) is 0 Å². The molecule has 1 atom stereocenters. The predicted molar refractivity (Wildman–Crippen MR) is 125 cm³/mol. The van der Waals surface area contributed by atoms with Crippen LogP contribution in [0.3, 0.4) is 0 Å². The zero-order chi connectivity index (χ0) is 22.3. The lowest BCUT2D eigenvalue weighted by Crippen LogP contribution is -2.44. The van der Waals surface area contributed by atoms with E-state index in [1.807, 2.05) is 54.6 Å². The number of morpholine rings is 1. The average Bonchev–Trinajstić information content (AvgIpc) is 2.83. The van der Waals surface area contributed by atoms with Crippen LogP contribution >= 0.6 is 11.6 Å². The molecule has 1 unspecified atom stereocenters. The molecule has 1 aromatic heterocycles. The number of aromatic nitrogens is 1. The summed E-state index contributed by atoms with van der Waals surface area (Å²) in [6.45, 7) is 3.66. The maximum absolute atomic E-state index is 13.0. The minimum absolute atomic E-state index is 0.0321. The van der Waals surface area contributed by atoms with Crippen molar-refractivity contribution in [3.8, 4) is 0 Å². The van der Waals surface area contributed by atoms with Crippen molar-refractivity contribution in [3.05, 3.63) is 105 Å². The highest BCUT2D eigenvalue weighted by Gasteiger charge is 2.24. The predicted octanol–water partition coefficient (Wildman–Crippen LogP) is 3.35. The van der Waals surface area contributed by atoms with Gasteiger partial charge in [-0.2, -0.15) is 0 Å². The third-order valence-corrected chi connectivity index (χ3v) is 5.91. The Balaban J connectivity index is 1.50. The molecule has 1 fully saturated rings. The standard InChI is InChI=1S/C25H26ClN3O3/c26-21-10-8-20(9-11-21)23(28-13-15-32-16-14-28)17-27-24(30)22-7-4-12-29(25(22)31)18-19-5-2-1-3-6-19/h1-12,23H,13-18H2,(H,27,30). The molecule has 2 heterocycles. The summed E-state index contributed by atoms with van der Waals surface area (Å²) >= 11 is 6.06. The van der Waals surface area contributed by atoms with Crippen LogP contribution in [0.2, 0.25) is 5.02 Å². The van der Waals surface area contributed by atoms with Crippen molar-refractivity contribution in [3.63, 3.8) is 0 Å². The van der Waals surface area contributed by atoms with E-state index in [1.165, 1.54) is 0 Å². The molecule has 1 amide bonds. The lowest BCUT2D eigenvalue weighted by molar-refractivity contribution is 0.0162. The molecule has 166 valence electrons. The van der Waals surface area contributed by atoms with E-state index >= 15 is 0 Å². The summed E-state index contributed by atoms with van der Waals surface area (Å²) in [6, 6.07) is 20.6. The second kappa shape index (κ2) is 10.6. The van der Waals surface area contributed by atoms with Crippen LogP contribution in [0.4, 0.5) is 0 Å².